The van der Waals surface area contributed by atoms with Gasteiger partial charge in [-0.1, -0.05) is 12.1 Å². The quantitative estimate of drug-likeness (QED) is 0.743. The molecule has 1 atom stereocenters. The van der Waals surface area contributed by atoms with Crippen molar-refractivity contribution >= 4 is 17.7 Å². The third-order valence-corrected chi connectivity index (χ3v) is 4.69. The van der Waals surface area contributed by atoms with E-state index in [1.807, 2.05) is 0 Å². The van der Waals surface area contributed by atoms with Crippen molar-refractivity contribution < 1.29 is 23.5 Å². The zero-order valence-electron chi connectivity index (χ0n) is 14.4. The zero-order valence-corrected chi connectivity index (χ0v) is 14.4. The van der Waals surface area contributed by atoms with Crippen LogP contribution in [0.1, 0.15) is 24.4 Å². The maximum absolute atomic E-state index is 13.2. The summed E-state index contributed by atoms with van der Waals surface area (Å²) < 4.78 is 18.6. The molecule has 1 aromatic carbocycles. The Morgan fingerprint density at radius 3 is 2.35 bits per heavy atom. The molecule has 0 unspecified atom stereocenters. The first-order valence-electron chi connectivity index (χ1n) is 8.72. The first-order chi connectivity index (χ1) is 12.5. The fourth-order valence-corrected chi connectivity index (χ4v) is 3.24. The van der Waals surface area contributed by atoms with Crippen molar-refractivity contribution in [1.82, 2.24) is 15.1 Å². The van der Waals surface area contributed by atoms with E-state index < -0.39 is 0 Å². The number of rotatable bonds is 6. The Bertz CT molecular complexity index is 658. The van der Waals surface area contributed by atoms with E-state index in [4.69, 9.17) is 4.74 Å². The van der Waals surface area contributed by atoms with Gasteiger partial charge < -0.3 is 10.1 Å². The Kier molecular flexibility index (Phi) is 5.95. The van der Waals surface area contributed by atoms with Crippen molar-refractivity contribution in [3.63, 3.8) is 0 Å². The van der Waals surface area contributed by atoms with E-state index in [9.17, 15) is 18.8 Å². The lowest BCUT2D eigenvalue weighted by Crippen LogP contribution is -2.46. The number of ether oxygens (including phenoxy) is 1. The van der Waals surface area contributed by atoms with E-state index in [2.05, 4.69) is 10.2 Å². The van der Waals surface area contributed by atoms with E-state index in [-0.39, 0.29) is 49.0 Å². The van der Waals surface area contributed by atoms with Gasteiger partial charge in [-0.05, 0) is 17.7 Å². The van der Waals surface area contributed by atoms with E-state index in [0.717, 1.165) is 10.5 Å². The van der Waals surface area contributed by atoms with Crippen LogP contribution in [0.3, 0.4) is 0 Å². The highest BCUT2D eigenvalue weighted by Crippen LogP contribution is 2.21. The van der Waals surface area contributed by atoms with Crippen LogP contribution in [-0.2, 0) is 19.1 Å². The summed E-state index contributed by atoms with van der Waals surface area (Å²) in [7, 11) is 0. The first-order valence-corrected chi connectivity index (χ1v) is 8.72. The van der Waals surface area contributed by atoms with Crippen molar-refractivity contribution in [3.05, 3.63) is 35.6 Å². The fraction of sp³-hybridized carbons (Fsp3) is 0.500. The molecule has 8 heteroatoms. The van der Waals surface area contributed by atoms with Crippen LogP contribution in [0.4, 0.5) is 4.39 Å². The summed E-state index contributed by atoms with van der Waals surface area (Å²) in [5.41, 5.74) is 0.891. The minimum atomic E-state index is -0.381. The van der Waals surface area contributed by atoms with Gasteiger partial charge in [0, 0.05) is 32.5 Å². The maximum Gasteiger partial charge on any atom is 0.240 e. The van der Waals surface area contributed by atoms with Gasteiger partial charge in [-0.15, -0.1) is 0 Å². The average Bonchev–Trinajstić information content (AvgIpc) is 2.96. The Balaban J connectivity index is 1.63. The minimum Gasteiger partial charge on any atom is -0.379 e. The smallest absolute Gasteiger partial charge is 0.240 e. The number of amides is 3. The topological polar surface area (TPSA) is 79.0 Å². The highest BCUT2D eigenvalue weighted by Gasteiger charge is 2.31. The van der Waals surface area contributed by atoms with Crippen LogP contribution in [0.25, 0.3) is 0 Å². The second kappa shape index (κ2) is 8.37. The monoisotopic (exact) mass is 363 g/mol. The van der Waals surface area contributed by atoms with Gasteiger partial charge in [0.1, 0.15) is 12.4 Å². The summed E-state index contributed by atoms with van der Waals surface area (Å²) in [5.74, 6) is -1.32. The van der Waals surface area contributed by atoms with E-state index in [1.54, 1.807) is 12.1 Å². The molecule has 2 aliphatic heterocycles. The summed E-state index contributed by atoms with van der Waals surface area (Å²) in [6, 6.07) is 6.07. The van der Waals surface area contributed by atoms with Crippen LogP contribution < -0.4 is 5.32 Å². The number of imide groups is 1. The normalized spacial score (nSPS) is 19.7. The molecule has 0 bridgehead atoms. The van der Waals surface area contributed by atoms with Crippen LogP contribution in [0.2, 0.25) is 0 Å². The van der Waals surface area contributed by atoms with Crippen molar-refractivity contribution in [2.45, 2.75) is 18.9 Å². The average molecular weight is 363 g/mol. The van der Waals surface area contributed by atoms with E-state index in [0.29, 0.717) is 32.8 Å². The Morgan fingerprint density at radius 1 is 1.12 bits per heavy atom. The fourth-order valence-electron chi connectivity index (χ4n) is 3.24. The van der Waals surface area contributed by atoms with Crippen molar-refractivity contribution in [2.24, 2.45) is 0 Å². The highest BCUT2D eigenvalue weighted by atomic mass is 19.1. The number of carbonyl (C=O) groups excluding carboxylic acids is 3. The molecule has 140 valence electrons. The zero-order chi connectivity index (χ0) is 18.5. The molecule has 0 aliphatic carbocycles. The molecule has 2 saturated heterocycles. The number of hydrogen-bond acceptors (Lipinski definition) is 5. The Hall–Kier alpha value is -2.32. The molecule has 0 aromatic heterocycles. The van der Waals surface area contributed by atoms with Gasteiger partial charge in [-0.25, -0.2) is 4.39 Å². The molecule has 3 rings (SSSR count). The highest BCUT2D eigenvalue weighted by molar-refractivity contribution is 6.04. The second-order valence-electron chi connectivity index (χ2n) is 6.39. The number of morpholine rings is 1. The molecule has 1 aromatic rings. The molecule has 1 N–H and O–H groups in total. The maximum atomic E-state index is 13.2. The molecule has 0 radical (unpaired) electrons. The molecule has 26 heavy (non-hydrogen) atoms. The predicted octanol–water partition coefficient (Wildman–Crippen LogP) is 0.464. The molecule has 7 nitrogen and oxygen atoms in total. The standard InChI is InChI=1S/C18H22FN3O4/c19-14-3-1-13(2-4-14)15(21-7-9-26-10-8-21)11-20-16(23)12-22-17(24)5-6-18(22)25/h1-4,15H,5-12H2,(H,20,23)/t15-/m0/s1. The number of likely N-dealkylation sites (tertiary alicyclic amines) is 1. The summed E-state index contributed by atoms with van der Waals surface area (Å²) in [6.45, 7) is 2.67. The number of nitrogens with zero attached hydrogens (tertiary/aromatic N) is 2. The lowest BCUT2D eigenvalue weighted by atomic mass is 10.0. The number of benzene rings is 1. The second-order valence-corrected chi connectivity index (χ2v) is 6.39. The van der Waals surface area contributed by atoms with Crippen LogP contribution in [0.5, 0.6) is 0 Å². The summed E-state index contributed by atoms with van der Waals surface area (Å²) in [6.07, 6.45) is 0.330. The van der Waals surface area contributed by atoms with Crippen LogP contribution in [0, 0.1) is 5.82 Å². The van der Waals surface area contributed by atoms with E-state index >= 15 is 0 Å². The minimum absolute atomic E-state index is 0.131. The summed E-state index contributed by atoms with van der Waals surface area (Å²) >= 11 is 0. The number of carbonyl (C=O) groups is 3. The molecular formula is C18H22FN3O4. The van der Waals surface area contributed by atoms with Crippen LogP contribution in [0.15, 0.2) is 24.3 Å². The number of hydrogen-bond donors (Lipinski definition) is 1. The molecule has 0 saturated carbocycles. The molecule has 0 spiro atoms. The van der Waals surface area contributed by atoms with E-state index in [1.165, 1.54) is 12.1 Å². The Labute approximate surface area is 151 Å². The third kappa shape index (κ3) is 4.44. The largest absolute Gasteiger partial charge is 0.379 e. The molecule has 2 heterocycles. The molecule has 3 amide bonds. The molecule has 2 fully saturated rings. The van der Waals surface area contributed by atoms with Gasteiger partial charge in [0.15, 0.2) is 0 Å². The lowest BCUT2D eigenvalue weighted by Gasteiger charge is -2.35. The van der Waals surface area contributed by atoms with Gasteiger partial charge in [-0.2, -0.15) is 0 Å². The van der Waals surface area contributed by atoms with Gasteiger partial charge in [0.05, 0.1) is 19.3 Å². The van der Waals surface area contributed by atoms with Crippen LogP contribution in [-0.4, -0.2) is 66.9 Å². The lowest BCUT2D eigenvalue weighted by molar-refractivity contribution is -0.142. The van der Waals surface area contributed by atoms with Gasteiger partial charge in [-0.3, -0.25) is 24.2 Å². The van der Waals surface area contributed by atoms with Crippen LogP contribution >= 0.6 is 0 Å². The van der Waals surface area contributed by atoms with Gasteiger partial charge in [0.25, 0.3) is 0 Å². The van der Waals surface area contributed by atoms with Crippen molar-refractivity contribution in [1.29, 1.82) is 0 Å². The predicted molar refractivity (Wildman–Crippen MR) is 90.5 cm³/mol. The van der Waals surface area contributed by atoms with Gasteiger partial charge in [0.2, 0.25) is 17.7 Å². The summed E-state index contributed by atoms with van der Waals surface area (Å²) in [5, 5.41) is 2.80. The Morgan fingerprint density at radius 2 is 1.73 bits per heavy atom. The van der Waals surface area contributed by atoms with Crippen molar-refractivity contribution in [3.8, 4) is 0 Å². The molecule has 2 aliphatic rings. The molecular weight excluding hydrogens is 341 g/mol. The van der Waals surface area contributed by atoms with Crippen molar-refractivity contribution in [2.75, 3.05) is 39.4 Å². The third-order valence-electron chi connectivity index (χ3n) is 4.69. The number of halogens is 1. The first kappa shape index (κ1) is 18.5. The number of nitrogens with one attached hydrogen (secondary N) is 1. The SMILES string of the molecule is O=C(CN1C(=O)CCC1=O)NC[C@@H](c1ccc(F)cc1)N1CCOCC1. The van der Waals surface area contributed by atoms with Gasteiger partial charge >= 0.3 is 0 Å². The summed E-state index contributed by atoms with van der Waals surface area (Å²) in [4.78, 5) is 38.6.